The summed E-state index contributed by atoms with van der Waals surface area (Å²) in [6.07, 6.45) is 4.39. The van der Waals surface area contributed by atoms with Gasteiger partial charge in [0.25, 0.3) is 5.56 Å². The van der Waals surface area contributed by atoms with Crippen molar-refractivity contribution >= 4 is 10.9 Å². The number of hydrogen-bond acceptors (Lipinski definition) is 7. The largest absolute Gasteiger partial charge is 0.383 e. The fourth-order valence-corrected chi connectivity index (χ4v) is 4.30. The molecule has 3 heterocycles. The molecule has 4 aromatic rings. The third kappa shape index (κ3) is 5.05. The summed E-state index contributed by atoms with van der Waals surface area (Å²) in [5.41, 5.74) is 4.82. The van der Waals surface area contributed by atoms with Crippen molar-refractivity contribution in [1.82, 2.24) is 35.1 Å². The second-order valence-electron chi connectivity index (χ2n) is 8.54. The van der Waals surface area contributed by atoms with E-state index in [4.69, 9.17) is 4.74 Å². The molecule has 178 valence electrons. The second-order valence-corrected chi connectivity index (χ2v) is 8.54. The Morgan fingerprint density at radius 3 is 2.79 bits per heavy atom. The molecule has 3 aromatic heterocycles. The van der Waals surface area contributed by atoms with Crippen LogP contribution in [-0.2, 0) is 24.4 Å². The molecule has 1 aromatic carbocycles. The number of pyridine rings is 2. The molecule has 0 amide bonds. The van der Waals surface area contributed by atoms with Crippen LogP contribution < -0.4 is 5.56 Å². The highest BCUT2D eigenvalue weighted by Gasteiger charge is 2.26. The number of rotatable bonds is 10. The number of H-pyrrole nitrogens is 1. The van der Waals surface area contributed by atoms with E-state index in [1.165, 1.54) is 0 Å². The Kier molecular flexibility index (Phi) is 7.44. The summed E-state index contributed by atoms with van der Waals surface area (Å²) in [6.45, 7) is 8.32. The first-order valence-corrected chi connectivity index (χ1v) is 11.5. The van der Waals surface area contributed by atoms with Crippen LogP contribution in [0.25, 0.3) is 10.9 Å². The van der Waals surface area contributed by atoms with E-state index < -0.39 is 0 Å². The molecule has 9 nitrogen and oxygen atoms in total. The van der Waals surface area contributed by atoms with E-state index in [9.17, 15) is 4.79 Å². The van der Waals surface area contributed by atoms with E-state index in [0.29, 0.717) is 31.8 Å². The van der Waals surface area contributed by atoms with Crippen LogP contribution in [0.4, 0.5) is 0 Å². The molecule has 0 fully saturated rings. The highest BCUT2D eigenvalue weighted by molar-refractivity contribution is 5.83. The smallest absolute Gasteiger partial charge is 0.252 e. The topological polar surface area (TPSA) is 102 Å². The highest BCUT2D eigenvalue weighted by Crippen LogP contribution is 2.27. The van der Waals surface area contributed by atoms with Crippen molar-refractivity contribution in [1.29, 1.82) is 0 Å². The fraction of sp³-hybridized carbons (Fsp3) is 0.400. The first kappa shape index (κ1) is 23.7. The number of nitrogens with zero attached hydrogens (tertiary/aromatic N) is 6. The summed E-state index contributed by atoms with van der Waals surface area (Å²) < 4.78 is 7.01. The number of aromatic amines is 1. The number of aryl methyl sites for hydroxylation is 2. The number of tetrazole rings is 1. The maximum atomic E-state index is 13.1. The van der Waals surface area contributed by atoms with Crippen LogP contribution in [0, 0.1) is 13.8 Å². The molecular formula is C25H31N7O2. The Hall–Kier alpha value is -3.43. The molecule has 0 aliphatic rings. The predicted octanol–water partition coefficient (Wildman–Crippen LogP) is 3.33. The van der Waals surface area contributed by atoms with E-state index in [1.807, 2.05) is 31.3 Å². The number of nitrogens with one attached hydrogen (secondary N) is 1. The molecule has 1 N–H and O–H groups in total. The standard InChI is InChI=1S/C25H31N7O2/c1-5-22(24-28-29-30-32(24)11-12-34-4)31(15-19-7-6-10-26-14-19)16-21-13-20-9-8-17(2)18(3)23(20)27-25(21)33/h6-10,13-14,22H,5,11-12,15-16H2,1-4H3,(H,27,33). The van der Waals surface area contributed by atoms with Crippen LogP contribution in [-0.4, -0.2) is 48.8 Å². The van der Waals surface area contributed by atoms with Gasteiger partial charge in [0.1, 0.15) is 0 Å². The lowest BCUT2D eigenvalue weighted by molar-refractivity contribution is 0.150. The molecule has 0 aliphatic heterocycles. The molecule has 9 heteroatoms. The van der Waals surface area contributed by atoms with Crippen LogP contribution in [0.1, 0.15) is 47.5 Å². The van der Waals surface area contributed by atoms with Gasteiger partial charge in [-0.15, -0.1) is 5.10 Å². The quantitative estimate of drug-likeness (QED) is 0.386. The van der Waals surface area contributed by atoms with Crippen molar-refractivity contribution in [2.75, 3.05) is 13.7 Å². The summed E-state index contributed by atoms with van der Waals surface area (Å²) in [5, 5.41) is 13.4. The summed E-state index contributed by atoms with van der Waals surface area (Å²) in [7, 11) is 1.66. The maximum Gasteiger partial charge on any atom is 0.252 e. The minimum absolute atomic E-state index is 0.0776. The van der Waals surface area contributed by atoms with Gasteiger partial charge in [-0.2, -0.15) is 0 Å². The average Bonchev–Trinajstić information content (AvgIpc) is 3.30. The lowest BCUT2D eigenvalue weighted by Gasteiger charge is -2.30. The number of benzene rings is 1. The molecule has 0 saturated heterocycles. The second kappa shape index (κ2) is 10.7. The Morgan fingerprint density at radius 1 is 1.21 bits per heavy atom. The Morgan fingerprint density at radius 2 is 2.06 bits per heavy atom. The van der Waals surface area contributed by atoms with Crippen LogP contribution in [0.3, 0.4) is 0 Å². The third-order valence-electron chi connectivity index (χ3n) is 6.30. The first-order chi connectivity index (χ1) is 16.5. The first-order valence-electron chi connectivity index (χ1n) is 11.5. The molecule has 1 atom stereocenters. The van der Waals surface area contributed by atoms with Gasteiger partial charge in [0.15, 0.2) is 5.82 Å². The molecule has 4 rings (SSSR count). The molecule has 34 heavy (non-hydrogen) atoms. The van der Waals surface area contributed by atoms with Crippen LogP contribution in [0.2, 0.25) is 0 Å². The van der Waals surface area contributed by atoms with Crippen molar-refractivity contribution in [3.05, 3.63) is 81.2 Å². The number of fused-ring (bicyclic) bond motifs is 1. The van der Waals surface area contributed by atoms with E-state index in [0.717, 1.165) is 39.8 Å². The lowest BCUT2D eigenvalue weighted by Crippen LogP contribution is -2.32. The zero-order valence-electron chi connectivity index (χ0n) is 20.2. The average molecular weight is 462 g/mol. The van der Waals surface area contributed by atoms with Gasteiger partial charge in [-0.3, -0.25) is 14.7 Å². The zero-order valence-corrected chi connectivity index (χ0v) is 20.2. The number of aromatic nitrogens is 6. The molecule has 0 saturated carbocycles. The molecule has 0 bridgehead atoms. The summed E-state index contributed by atoms with van der Waals surface area (Å²) in [4.78, 5) is 22.8. The summed E-state index contributed by atoms with van der Waals surface area (Å²) >= 11 is 0. The maximum absolute atomic E-state index is 13.1. The Labute approximate surface area is 198 Å². The van der Waals surface area contributed by atoms with E-state index in [2.05, 4.69) is 56.4 Å². The SMILES string of the molecule is CCC(c1nnnn1CCOC)N(Cc1cccnc1)Cc1cc2ccc(C)c(C)c2[nH]c1=O. The van der Waals surface area contributed by atoms with Crippen molar-refractivity contribution in [3.8, 4) is 0 Å². The molecular weight excluding hydrogens is 430 g/mol. The van der Waals surface area contributed by atoms with Gasteiger partial charge >= 0.3 is 0 Å². The lowest BCUT2D eigenvalue weighted by atomic mass is 10.0. The van der Waals surface area contributed by atoms with Crippen LogP contribution in [0.5, 0.6) is 0 Å². The van der Waals surface area contributed by atoms with Gasteiger partial charge in [0, 0.05) is 38.2 Å². The van der Waals surface area contributed by atoms with Gasteiger partial charge in [-0.25, -0.2) is 4.68 Å². The third-order valence-corrected chi connectivity index (χ3v) is 6.30. The predicted molar refractivity (Wildman–Crippen MR) is 130 cm³/mol. The zero-order chi connectivity index (χ0) is 24.1. The highest BCUT2D eigenvalue weighted by atomic mass is 16.5. The molecule has 0 spiro atoms. The van der Waals surface area contributed by atoms with Crippen molar-refractivity contribution in [2.45, 2.75) is 52.9 Å². The van der Waals surface area contributed by atoms with Crippen LogP contribution in [0.15, 0.2) is 47.5 Å². The van der Waals surface area contributed by atoms with Crippen molar-refractivity contribution < 1.29 is 4.74 Å². The molecule has 0 aliphatic carbocycles. The van der Waals surface area contributed by atoms with Gasteiger partial charge in [-0.05, 0) is 64.9 Å². The molecule has 0 radical (unpaired) electrons. The van der Waals surface area contributed by atoms with Crippen molar-refractivity contribution in [2.24, 2.45) is 0 Å². The van der Waals surface area contributed by atoms with Gasteiger partial charge < -0.3 is 9.72 Å². The van der Waals surface area contributed by atoms with Crippen LogP contribution >= 0.6 is 0 Å². The van der Waals surface area contributed by atoms with Gasteiger partial charge in [0.05, 0.1) is 24.7 Å². The van der Waals surface area contributed by atoms with Gasteiger partial charge in [0.2, 0.25) is 0 Å². The summed E-state index contributed by atoms with van der Waals surface area (Å²) in [6, 6.07) is 10.0. The Balaban J connectivity index is 1.73. The number of ether oxygens (including phenoxy) is 1. The van der Waals surface area contributed by atoms with E-state index >= 15 is 0 Å². The van der Waals surface area contributed by atoms with E-state index in [1.54, 1.807) is 18.0 Å². The summed E-state index contributed by atoms with van der Waals surface area (Å²) in [5.74, 6) is 0.757. The van der Waals surface area contributed by atoms with Crippen molar-refractivity contribution in [3.63, 3.8) is 0 Å². The molecule has 1 unspecified atom stereocenters. The number of methoxy groups -OCH3 is 1. The Bertz CT molecular complexity index is 1300. The van der Waals surface area contributed by atoms with E-state index in [-0.39, 0.29) is 11.6 Å². The number of hydrogen-bond donors (Lipinski definition) is 1. The minimum Gasteiger partial charge on any atom is -0.383 e. The fourth-order valence-electron chi connectivity index (χ4n) is 4.30. The monoisotopic (exact) mass is 461 g/mol. The van der Waals surface area contributed by atoms with Gasteiger partial charge in [-0.1, -0.05) is 25.1 Å². The minimum atomic E-state index is -0.0955. The normalized spacial score (nSPS) is 12.5.